The minimum absolute atomic E-state index is 0.341. The fourth-order valence-corrected chi connectivity index (χ4v) is 4.73. The topological polar surface area (TPSA) is 76.3 Å². The number of hydrogen-bond acceptors (Lipinski definition) is 4. The van der Waals surface area contributed by atoms with Crippen LogP contribution in [-0.4, -0.2) is 30.1 Å². The molecule has 3 rings (SSSR count). The average molecular weight is 375 g/mol. The van der Waals surface area contributed by atoms with Gasteiger partial charge in [0.15, 0.2) is 0 Å². The highest BCUT2D eigenvalue weighted by Gasteiger charge is 2.27. The molecule has 7 heteroatoms. The minimum Gasteiger partial charge on any atom is -0.263 e. The van der Waals surface area contributed by atoms with Crippen LogP contribution < -0.4 is 4.72 Å². The van der Waals surface area contributed by atoms with E-state index in [2.05, 4.69) is 21.7 Å². The quantitative estimate of drug-likeness (QED) is 0.809. The number of rotatable bonds is 7. The maximum Gasteiger partial charge on any atom is 0.241 e. The number of hydrogen-bond donors (Lipinski definition) is 1. The van der Waals surface area contributed by atoms with E-state index in [1.807, 2.05) is 32.0 Å². The minimum atomic E-state index is -3.64. The van der Waals surface area contributed by atoms with E-state index in [0.717, 1.165) is 41.8 Å². The van der Waals surface area contributed by atoms with E-state index in [1.165, 1.54) is 0 Å². The Kier molecular flexibility index (Phi) is 5.29. The van der Waals surface area contributed by atoms with Crippen LogP contribution in [0.5, 0.6) is 0 Å². The molecule has 6 nitrogen and oxygen atoms in total. The first-order valence-electron chi connectivity index (χ1n) is 9.04. The van der Waals surface area contributed by atoms with E-state index < -0.39 is 16.1 Å². The van der Waals surface area contributed by atoms with Crippen molar-refractivity contribution in [3.63, 3.8) is 0 Å². The molecule has 1 N–H and O–H groups in total. The molecule has 1 atom stereocenters. The summed E-state index contributed by atoms with van der Waals surface area (Å²) in [5.41, 5.74) is 3.69. The first-order valence-corrected chi connectivity index (χ1v) is 10.5. The summed E-state index contributed by atoms with van der Waals surface area (Å²) < 4.78 is 30.4. The maximum atomic E-state index is 13.0. The fraction of sp³-hybridized carbons (Fsp3) is 0.474. The van der Waals surface area contributed by atoms with E-state index in [4.69, 9.17) is 0 Å². The monoisotopic (exact) mass is 374 g/mol. The van der Waals surface area contributed by atoms with E-state index in [0.29, 0.717) is 17.3 Å². The predicted octanol–water partition coefficient (Wildman–Crippen LogP) is 2.97. The Bertz CT molecular complexity index is 944. The SMILES string of the molecule is CCCCc1ccc(C)c(S(=O)(=O)NC(C)C2=NCc3cc(C)nn32)c1. The second kappa shape index (κ2) is 7.32. The van der Waals surface area contributed by atoms with E-state index in [9.17, 15) is 8.42 Å². The third-order valence-electron chi connectivity index (χ3n) is 4.61. The van der Waals surface area contributed by atoms with Gasteiger partial charge in [-0.3, -0.25) is 4.99 Å². The Morgan fingerprint density at radius 2 is 2.04 bits per heavy atom. The lowest BCUT2D eigenvalue weighted by Crippen LogP contribution is -2.41. The Morgan fingerprint density at radius 3 is 2.77 bits per heavy atom. The molecule has 1 aromatic carbocycles. The standard InChI is InChI=1S/C19H26N4O2S/c1-5-6-7-16-9-8-13(2)18(11-16)26(24,25)22-15(4)19-20-12-17-10-14(3)21-23(17)19/h8-11,15,22H,5-7,12H2,1-4H3. The van der Waals surface area contributed by atoms with E-state index in [-0.39, 0.29) is 0 Å². The van der Waals surface area contributed by atoms with Crippen molar-refractivity contribution in [1.29, 1.82) is 0 Å². The van der Waals surface area contributed by atoms with Crippen LogP contribution in [0.1, 0.15) is 49.2 Å². The van der Waals surface area contributed by atoms with Crippen LogP contribution in [0.3, 0.4) is 0 Å². The lowest BCUT2D eigenvalue weighted by atomic mass is 10.1. The van der Waals surface area contributed by atoms with Gasteiger partial charge in [0, 0.05) is 0 Å². The fourth-order valence-electron chi connectivity index (χ4n) is 3.23. The van der Waals surface area contributed by atoms with Crippen LogP contribution in [0, 0.1) is 13.8 Å². The molecule has 0 spiro atoms. The van der Waals surface area contributed by atoms with Crippen LogP contribution in [0.2, 0.25) is 0 Å². The Morgan fingerprint density at radius 1 is 1.27 bits per heavy atom. The number of fused-ring (bicyclic) bond motifs is 1. The smallest absolute Gasteiger partial charge is 0.241 e. The second-order valence-corrected chi connectivity index (χ2v) is 8.59. The average Bonchev–Trinajstić information content (AvgIpc) is 3.12. The number of sulfonamides is 1. The van der Waals surface area contributed by atoms with E-state index in [1.54, 1.807) is 17.7 Å². The first-order chi connectivity index (χ1) is 12.3. The molecule has 0 saturated heterocycles. The van der Waals surface area contributed by atoms with Crippen molar-refractivity contribution < 1.29 is 8.42 Å². The Hall–Kier alpha value is -1.99. The highest BCUT2D eigenvalue weighted by Crippen LogP contribution is 2.20. The molecule has 1 unspecified atom stereocenters. The Balaban J connectivity index is 1.83. The van der Waals surface area contributed by atoms with Crippen molar-refractivity contribution in [2.75, 3.05) is 0 Å². The highest BCUT2D eigenvalue weighted by molar-refractivity contribution is 7.89. The van der Waals surface area contributed by atoms with Crippen LogP contribution in [-0.2, 0) is 23.0 Å². The summed E-state index contributed by atoms with van der Waals surface area (Å²) in [6.07, 6.45) is 3.01. The predicted molar refractivity (Wildman–Crippen MR) is 103 cm³/mol. The third-order valence-corrected chi connectivity index (χ3v) is 6.29. The molecule has 1 aliphatic rings. The molecule has 0 aliphatic carbocycles. The lowest BCUT2D eigenvalue weighted by Gasteiger charge is -2.17. The summed E-state index contributed by atoms with van der Waals surface area (Å²) in [6, 6.07) is 7.19. The van der Waals surface area contributed by atoms with Gasteiger partial charge in [0.2, 0.25) is 10.0 Å². The van der Waals surface area contributed by atoms with Crippen molar-refractivity contribution >= 4 is 15.9 Å². The molecule has 2 heterocycles. The summed E-state index contributed by atoms with van der Waals surface area (Å²) >= 11 is 0. The molecule has 26 heavy (non-hydrogen) atoms. The van der Waals surface area contributed by atoms with Crippen LogP contribution in [0.4, 0.5) is 0 Å². The van der Waals surface area contributed by atoms with Gasteiger partial charge < -0.3 is 0 Å². The Labute approximate surface area is 155 Å². The molecular formula is C19H26N4O2S. The molecule has 0 fully saturated rings. The van der Waals surface area contributed by atoms with Crippen LogP contribution in [0.25, 0.3) is 0 Å². The van der Waals surface area contributed by atoms with Crippen LogP contribution >= 0.6 is 0 Å². The number of nitrogens with zero attached hydrogens (tertiary/aromatic N) is 3. The van der Waals surface area contributed by atoms with Gasteiger partial charge in [-0.25, -0.2) is 17.8 Å². The van der Waals surface area contributed by atoms with Gasteiger partial charge in [0.25, 0.3) is 0 Å². The van der Waals surface area contributed by atoms with Gasteiger partial charge in [0.05, 0.1) is 28.9 Å². The normalized spacial score (nSPS) is 15.0. The second-order valence-electron chi connectivity index (χ2n) is 6.91. The molecule has 0 saturated carbocycles. The van der Waals surface area contributed by atoms with Crippen LogP contribution in [0.15, 0.2) is 34.2 Å². The summed E-state index contributed by atoms with van der Waals surface area (Å²) in [4.78, 5) is 4.79. The molecule has 140 valence electrons. The van der Waals surface area contributed by atoms with Gasteiger partial charge in [-0.05, 0) is 56.9 Å². The summed E-state index contributed by atoms with van der Waals surface area (Å²) in [7, 11) is -3.64. The first kappa shape index (κ1) is 18.8. The number of nitrogens with one attached hydrogen (secondary N) is 1. The number of aryl methyl sites for hydroxylation is 3. The van der Waals surface area contributed by atoms with Gasteiger partial charge >= 0.3 is 0 Å². The van der Waals surface area contributed by atoms with Gasteiger partial charge in [-0.1, -0.05) is 25.5 Å². The molecule has 1 aliphatic heterocycles. The zero-order chi connectivity index (χ0) is 18.9. The summed E-state index contributed by atoms with van der Waals surface area (Å²) in [5, 5.41) is 4.41. The third kappa shape index (κ3) is 3.73. The zero-order valence-corrected chi connectivity index (χ0v) is 16.6. The van der Waals surface area contributed by atoms with Crippen molar-refractivity contribution in [3.05, 3.63) is 46.8 Å². The number of benzene rings is 1. The highest BCUT2D eigenvalue weighted by atomic mass is 32.2. The number of aromatic nitrogens is 2. The van der Waals surface area contributed by atoms with Crippen molar-refractivity contribution in [2.24, 2.45) is 4.99 Å². The number of aliphatic imine (C=N–C) groups is 1. The molecule has 1 aromatic heterocycles. The van der Waals surface area contributed by atoms with Crippen molar-refractivity contribution in [1.82, 2.24) is 14.5 Å². The van der Waals surface area contributed by atoms with Gasteiger partial charge in [-0.15, -0.1) is 0 Å². The van der Waals surface area contributed by atoms with Gasteiger partial charge in [0.1, 0.15) is 5.84 Å². The van der Waals surface area contributed by atoms with Crippen molar-refractivity contribution in [2.45, 2.75) is 64.4 Å². The lowest BCUT2D eigenvalue weighted by molar-refractivity contribution is 0.576. The molecule has 2 aromatic rings. The zero-order valence-electron chi connectivity index (χ0n) is 15.8. The summed E-state index contributed by atoms with van der Waals surface area (Å²) in [5.74, 6) is 0.636. The maximum absolute atomic E-state index is 13.0. The molecule has 0 radical (unpaired) electrons. The molecule has 0 amide bonds. The van der Waals surface area contributed by atoms with E-state index >= 15 is 0 Å². The molecular weight excluding hydrogens is 348 g/mol. The molecule has 0 bridgehead atoms. The summed E-state index contributed by atoms with van der Waals surface area (Å²) in [6.45, 7) is 8.21. The van der Waals surface area contributed by atoms with Crippen molar-refractivity contribution in [3.8, 4) is 0 Å². The van der Waals surface area contributed by atoms with Gasteiger partial charge in [-0.2, -0.15) is 5.10 Å². The number of unbranched alkanes of at least 4 members (excludes halogenated alkanes) is 1. The largest absolute Gasteiger partial charge is 0.263 e.